The first kappa shape index (κ1) is 16.8. The Bertz CT molecular complexity index is 536. The summed E-state index contributed by atoms with van der Waals surface area (Å²) < 4.78 is 4.97. The van der Waals surface area contributed by atoms with E-state index in [1.807, 2.05) is 0 Å². The number of amides is 1. The summed E-state index contributed by atoms with van der Waals surface area (Å²) >= 11 is 0. The van der Waals surface area contributed by atoms with E-state index in [1.54, 1.807) is 4.90 Å². The predicted molar refractivity (Wildman–Crippen MR) is 82.3 cm³/mol. The SMILES string of the molecule is Cl.O=C(c1ccc([N+](=O)[O-])o1)N1CCC(NCC2CC2)CC1. The van der Waals surface area contributed by atoms with Crippen molar-refractivity contribution in [2.45, 2.75) is 31.7 Å². The molecule has 0 atom stereocenters. The normalized spacial score (nSPS) is 18.8. The van der Waals surface area contributed by atoms with E-state index < -0.39 is 4.92 Å². The van der Waals surface area contributed by atoms with Gasteiger partial charge in [0.05, 0.1) is 6.07 Å². The van der Waals surface area contributed by atoms with Crippen molar-refractivity contribution in [2.75, 3.05) is 19.6 Å². The molecule has 0 radical (unpaired) electrons. The zero-order valence-electron chi connectivity index (χ0n) is 12.2. The lowest BCUT2D eigenvalue weighted by Gasteiger charge is -2.32. The Kier molecular flexibility index (Phi) is 5.42. The van der Waals surface area contributed by atoms with Crippen LogP contribution in [0.15, 0.2) is 16.5 Å². The van der Waals surface area contributed by atoms with Crippen molar-refractivity contribution in [1.29, 1.82) is 0 Å². The van der Waals surface area contributed by atoms with Gasteiger partial charge in [0.25, 0.3) is 5.91 Å². The third-order valence-corrected chi connectivity index (χ3v) is 4.16. The fourth-order valence-electron chi connectivity index (χ4n) is 2.64. The Balaban J connectivity index is 0.00000176. The number of carbonyl (C=O) groups excluding carboxylic acids is 1. The van der Waals surface area contributed by atoms with Gasteiger partial charge in [0, 0.05) is 19.1 Å². The molecule has 1 saturated carbocycles. The van der Waals surface area contributed by atoms with Crippen molar-refractivity contribution in [2.24, 2.45) is 5.92 Å². The largest absolute Gasteiger partial charge is 0.433 e. The van der Waals surface area contributed by atoms with Crippen LogP contribution in [0.25, 0.3) is 0 Å². The van der Waals surface area contributed by atoms with Gasteiger partial charge in [-0.25, -0.2) is 0 Å². The second-order valence-corrected chi connectivity index (χ2v) is 5.81. The van der Waals surface area contributed by atoms with Gasteiger partial charge in [0.15, 0.2) is 5.76 Å². The van der Waals surface area contributed by atoms with Gasteiger partial charge in [0.2, 0.25) is 0 Å². The lowest BCUT2D eigenvalue weighted by molar-refractivity contribution is -0.402. The van der Waals surface area contributed by atoms with Crippen molar-refractivity contribution in [3.8, 4) is 0 Å². The van der Waals surface area contributed by atoms with Crippen LogP contribution in [0.5, 0.6) is 0 Å². The van der Waals surface area contributed by atoms with Crippen molar-refractivity contribution < 1.29 is 14.1 Å². The van der Waals surface area contributed by atoms with Gasteiger partial charge in [-0.1, -0.05) is 0 Å². The van der Waals surface area contributed by atoms with Gasteiger partial charge in [-0.3, -0.25) is 14.9 Å². The zero-order valence-corrected chi connectivity index (χ0v) is 13.0. The van der Waals surface area contributed by atoms with E-state index in [4.69, 9.17) is 4.42 Å². The molecule has 0 aromatic carbocycles. The molecule has 1 aromatic heterocycles. The van der Waals surface area contributed by atoms with Crippen LogP contribution in [0.1, 0.15) is 36.2 Å². The lowest BCUT2D eigenvalue weighted by Crippen LogP contribution is -2.45. The summed E-state index contributed by atoms with van der Waals surface area (Å²) in [7, 11) is 0. The van der Waals surface area contributed by atoms with Crippen molar-refractivity contribution in [3.05, 3.63) is 28.0 Å². The minimum Gasteiger partial charge on any atom is -0.395 e. The van der Waals surface area contributed by atoms with E-state index in [0.29, 0.717) is 19.1 Å². The average Bonchev–Trinajstić information content (AvgIpc) is 3.18. The molecule has 1 aliphatic heterocycles. The summed E-state index contributed by atoms with van der Waals surface area (Å²) in [5.74, 6) is 0.252. The summed E-state index contributed by atoms with van der Waals surface area (Å²) in [5, 5.41) is 14.1. The van der Waals surface area contributed by atoms with Gasteiger partial charge < -0.3 is 14.6 Å². The molecule has 22 heavy (non-hydrogen) atoms. The molecule has 0 unspecified atom stereocenters. The van der Waals surface area contributed by atoms with E-state index in [0.717, 1.165) is 25.3 Å². The van der Waals surface area contributed by atoms with E-state index in [-0.39, 0.29) is 30.0 Å². The monoisotopic (exact) mass is 329 g/mol. The van der Waals surface area contributed by atoms with Crippen LogP contribution in [-0.2, 0) is 0 Å². The molecule has 1 saturated heterocycles. The quantitative estimate of drug-likeness (QED) is 0.661. The molecule has 1 aliphatic carbocycles. The Morgan fingerprint density at radius 2 is 2.00 bits per heavy atom. The third kappa shape index (κ3) is 3.98. The summed E-state index contributed by atoms with van der Waals surface area (Å²) in [6.07, 6.45) is 4.51. The highest BCUT2D eigenvalue weighted by Gasteiger charge is 2.28. The molecule has 2 fully saturated rings. The minimum atomic E-state index is -0.634. The number of nitro groups is 1. The van der Waals surface area contributed by atoms with Crippen molar-refractivity contribution in [3.63, 3.8) is 0 Å². The predicted octanol–water partition coefficient (Wildman–Crippen LogP) is 2.21. The van der Waals surface area contributed by atoms with Crippen LogP contribution in [-0.4, -0.2) is 41.4 Å². The molecule has 3 rings (SSSR count). The first-order valence-corrected chi connectivity index (χ1v) is 7.40. The van der Waals surface area contributed by atoms with Gasteiger partial charge >= 0.3 is 5.88 Å². The number of piperidine rings is 1. The topological polar surface area (TPSA) is 88.6 Å². The molecule has 7 nitrogen and oxygen atoms in total. The highest BCUT2D eigenvalue weighted by atomic mass is 35.5. The van der Waals surface area contributed by atoms with Crippen LogP contribution >= 0.6 is 12.4 Å². The maximum Gasteiger partial charge on any atom is 0.433 e. The van der Waals surface area contributed by atoms with Crippen molar-refractivity contribution in [1.82, 2.24) is 10.2 Å². The molecule has 1 amide bonds. The standard InChI is InChI=1S/C14H19N3O4.ClH/c18-14(12-3-4-13(21-12)17(19)20)16-7-5-11(6-8-16)15-9-10-1-2-10;/h3-4,10-11,15H,1-2,5-9H2;1H. The van der Waals surface area contributed by atoms with E-state index in [1.165, 1.54) is 25.0 Å². The van der Waals surface area contributed by atoms with Gasteiger partial charge in [-0.15, -0.1) is 12.4 Å². The van der Waals surface area contributed by atoms with Crippen LogP contribution in [0.3, 0.4) is 0 Å². The Labute approximate surface area is 134 Å². The number of nitrogens with one attached hydrogen (secondary N) is 1. The Morgan fingerprint density at radius 1 is 1.32 bits per heavy atom. The van der Waals surface area contributed by atoms with Gasteiger partial charge in [-0.2, -0.15) is 0 Å². The first-order valence-electron chi connectivity index (χ1n) is 7.40. The molecule has 2 heterocycles. The molecule has 1 aromatic rings. The molecule has 2 aliphatic rings. The van der Waals surface area contributed by atoms with Crippen LogP contribution in [0.2, 0.25) is 0 Å². The Hall–Kier alpha value is -1.60. The number of hydrogen-bond acceptors (Lipinski definition) is 5. The highest BCUT2D eigenvalue weighted by molar-refractivity contribution is 5.91. The second-order valence-electron chi connectivity index (χ2n) is 5.81. The summed E-state index contributed by atoms with van der Waals surface area (Å²) in [4.78, 5) is 23.8. The number of nitrogens with zero attached hydrogens (tertiary/aromatic N) is 2. The molecule has 1 N–H and O–H groups in total. The summed E-state index contributed by atoms with van der Waals surface area (Å²) in [6, 6.07) is 3.07. The van der Waals surface area contributed by atoms with Gasteiger partial charge in [0.1, 0.15) is 4.92 Å². The van der Waals surface area contributed by atoms with Crippen LogP contribution < -0.4 is 5.32 Å². The smallest absolute Gasteiger partial charge is 0.395 e. The number of carbonyl (C=O) groups is 1. The minimum absolute atomic E-state index is 0. The van der Waals surface area contributed by atoms with Crippen molar-refractivity contribution >= 4 is 24.2 Å². The summed E-state index contributed by atoms with van der Waals surface area (Å²) in [5.41, 5.74) is 0. The number of hydrogen-bond donors (Lipinski definition) is 1. The van der Waals surface area contributed by atoms with Crippen LogP contribution in [0.4, 0.5) is 5.88 Å². The fraction of sp³-hybridized carbons (Fsp3) is 0.643. The first-order chi connectivity index (χ1) is 10.1. The second kappa shape index (κ2) is 7.11. The number of likely N-dealkylation sites (tertiary alicyclic amines) is 1. The van der Waals surface area contributed by atoms with E-state index in [9.17, 15) is 14.9 Å². The van der Waals surface area contributed by atoms with E-state index >= 15 is 0 Å². The Morgan fingerprint density at radius 3 is 2.55 bits per heavy atom. The third-order valence-electron chi connectivity index (χ3n) is 4.16. The molecular weight excluding hydrogens is 310 g/mol. The molecule has 8 heteroatoms. The average molecular weight is 330 g/mol. The number of halogens is 1. The highest BCUT2D eigenvalue weighted by Crippen LogP contribution is 2.28. The van der Waals surface area contributed by atoms with Gasteiger partial charge in [-0.05, 0) is 44.2 Å². The summed E-state index contributed by atoms with van der Waals surface area (Å²) in [6.45, 7) is 2.41. The maximum atomic E-state index is 12.2. The molecule has 0 spiro atoms. The lowest BCUT2D eigenvalue weighted by atomic mass is 10.0. The molecular formula is C14H20ClN3O4. The molecule has 122 valence electrons. The number of rotatable bonds is 5. The maximum absolute atomic E-state index is 12.2. The fourth-order valence-corrected chi connectivity index (χ4v) is 2.64. The molecule has 0 bridgehead atoms. The van der Waals surface area contributed by atoms with E-state index in [2.05, 4.69) is 5.32 Å². The van der Waals surface area contributed by atoms with Crippen LogP contribution in [0, 0.1) is 16.0 Å². The number of furan rings is 1. The zero-order chi connectivity index (χ0) is 14.8.